The average molecular weight is 374 g/mol. The zero-order chi connectivity index (χ0) is 17.9. The molecular weight excluding hydrogens is 357 g/mol. The van der Waals surface area contributed by atoms with E-state index >= 15 is 0 Å². The van der Waals surface area contributed by atoms with Crippen LogP contribution < -0.4 is 9.47 Å². The first kappa shape index (κ1) is 18.5. The summed E-state index contributed by atoms with van der Waals surface area (Å²) in [5.74, 6) is -0.0314. The van der Waals surface area contributed by atoms with E-state index in [9.17, 15) is 12.8 Å². The summed E-state index contributed by atoms with van der Waals surface area (Å²) in [5.41, 5.74) is 0.104. The lowest BCUT2D eigenvalue weighted by Gasteiger charge is -2.20. The van der Waals surface area contributed by atoms with E-state index in [2.05, 4.69) is 0 Å². The summed E-state index contributed by atoms with van der Waals surface area (Å²) >= 11 is 5.97. The highest BCUT2D eigenvalue weighted by Crippen LogP contribution is 2.31. The van der Waals surface area contributed by atoms with Crippen LogP contribution in [0.4, 0.5) is 4.39 Å². The topological polar surface area (TPSA) is 55.8 Å². The van der Waals surface area contributed by atoms with Crippen LogP contribution in [0.1, 0.15) is 5.56 Å². The predicted octanol–water partition coefficient (Wildman–Crippen LogP) is 3.32. The fourth-order valence-corrected chi connectivity index (χ4v) is 3.67. The predicted molar refractivity (Wildman–Crippen MR) is 89.6 cm³/mol. The minimum absolute atomic E-state index is 0.0701. The fraction of sp³-hybridized carbons (Fsp3) is 0.250. The number of sulfonamides is 1. The first-order valence-electron chi connectivity index (χ1n) is 6.92. The molecule has 5 nitrogen and oxygen atoms in total. The quantitative estimate of drug-likeness (QED) is 0.779. The van der Waals surface area contributed by atoms with Crippen LogP contribution in [-0.2, 0) is 16.6 Å². The van der Waals surface area contributed by atoms with Crippen molar-refractivity contribution in [2.45, 2.75) is 11.4 Å². The molecule has 0 amide bonds. The third kappa shape index (κ3) is 3.63. The van der Waals surface area contributed by atoms with Gasteiger partial charge in [-0.25, -0.2) is 12.8 Å². The zero-order valence-electron chi connectivity index (χ0n) is 13.4. The van der Waals surface area contributed by atoms with E-state index in [4.69, 9.17) is 21.1 Å². The SMILES string of the molecule is COc1ccc(OC)c(S(=O)(=O)N(C)Cc2c(F)cccc2Cl)c1. The maximum atomic E-state index is 13.9. The Kier molecular flexibility index (Phi) is 5.69. The zero-order valence-corrected chi connectivity index (χ0v) is 15.0. The number of hydrogen-bond acceptors (Lipinski definition) is 4. The van der Waals surface area contributed by atoms with Gasteiger partial charge >= 0.3 is 0 Å². The lowest BCUT2D eigenvalue weighted by Crippen LogP contribution is -2.27. The van der Waals surface area contributed by atoms with Gasteiger partial charge in [-0.3, -0.25) is 0 Å². The van der Waals surface area contributed by atoms with Crippen molar-refractivity contribution in [3.8, 4) is 11.5 Å². The maximum Gasteiger partial charge on any atom is 0.246 e. The van der Waals surface area contributed by atoms with E-state index in [0.29, 0.717) is 5.75 Å². The van der Waals surface area contributed by atoms with Gasteiger partial charge in [0.05, 0.1) is 14.2 Å². The van der Waals surface area contributed by atoms with Crippen LogP contribution in [0.3, 0.4) is 0 Å². The lowest BCUT2D eigenvalue weighted by molar-refractivity contribution is 0.387. The summed E-state index contributed by atoms with van der Waals surface area (Å²) in [6, 6.07) is 8.63. The van der Waals surface area contributed by atoms with E-state index < -0.39 is 15.8 Å². The van der Waals surface area contributed by atoms with Crippen molar-refractivity contribution in [1.82, 2.24) is 4.31 Å². The number of halogens is 2. The number of hydrogen-bond donors (Lipinski definition) is 0. The van der Waals surface area contributed by atoms with E-state index in [1.807, 2.05) is 0 Å². The third-order valence-corrected chi connectivity index (χ3v) is 5.68. The number of nitrogens with zero attached hydrogens (tertiary/aromatic N) is 1. The number of benzene rings is 2. The molecule has 0 spiro atoms. The monoisotopic (exact) mass is 373 g/mol. The normalized spacial score (nSPS) is 11.6. The van der Waals surface area contributed by atoms with Crippen molar-refractivity contribution in [1.29, 1.82) is 0 Å². The summed E-state index contributed by atoms with van der Waals surface area (Å²) in [7, 11) is 0.202. The Bertz CT molecular complexity index is 822. The molecule has 0 aliphatic heterocycles. The average Bonchev–Trinajstić information content (AvgIpc) is 2.57. The van der Waals surface area contributed by atoms with Gasteiger partial charge in [0.25, 0.3) is 0 Å². The van der Waals surface area contributed by atoms with Crippen molar-refractivity contribution < 1.29 is 22.3 Å². The molecule has 2 aromatic rings. The van der Waals surface area contributed by atoms with Gasteiger partial charge in [0, 0.05) is 30.2 Å². The molecule has 0 saturated carbocycles. The molecule has 0 aromatic heterocycles. The number of rotatable bonds is 6. The van der Waals surface area contributed by atoms with E-state index in [1.54, 1.807) is 6.07 Å². The molecule has 0 aliphatic rings. The van der Waals surface area contributed by atoms with Crippen LogP contribution in [0.15, 0.2) is 41.3 Å². The van der Waals surface area contributed by atoms with Crippen molar-refractivity contribution >= 4 is 21.6 Å². The van der Waals surface area contributed by atoms with Crippen LogP contribution in [0.25, 0.3) is 0 Å². The molecule has 0 unspecified atom stereocenters. The summed E-state index contributed by atoms with van der Waals surface area (Å²) in [5, 5.41) is 0.162. The third-order valence-electron chi connectivity index (χ3n) is 3.50. The van der Waals surface area contributed by atoms with Gasteiger partial charge in [0.15, 0.2) is 0 Å². The number of ether oxygens (including phenoxy) is 2. The second-order valence-electron chi connectivity index (χ2n) is 4.98. The van der Waals surface area contributed by atoms with Crippen molar-refractivity contribution in [3.63, 3.8) is 0 Å². The lowest BCUT2D eigenvalue weighted by atomic mass is 10.2. The minimum atomic E-state index is -3.94. The molecule has 0 atom stereocenters. The van der Waals surface area contributed by atoms with Gasteiger partial charge in [-0.1, -0.05) is 17.7 Å². The Morgan fingerprint density at radius 2 is 1.88 bits per heavy atom. The molecule has 0 bridgehead atoms. The highest BCUT2D eigenvalue weighted by Gasteiger charge is 2.27. The van der Waals surface area contributed by atoms with Crippen LogP contribution in [-0.4, -0.2) is 34.0 Å². The van der Waals surface area contributed by atoms with Gasteiger partial charge in [-0.2, -0.15) is 4.31 Å². The molecular formula is C16H17ClFNO4S. The van der Waals surface area contributed by atoms with Gasteiger partial charge in [-0.15, -0.1) is 0 Å². The van der Waals surface area contributed by atoms with E-state index in [0.717, 1.165) is 4.31 Å². The van der Waals surface area contributed by atoms with Crippen LogP contribution in [0.5, 0.6) is 11.5 Å². The van der Waals surface area contributed by atoms with Gasteiger partial charge < -0.3 is 9.47 Å². The first-order chi connectivity index (χ1) is 11.3. The van der Waals surface area contributed by atoms with Gasteiger partial charge in [0.2, 0.25) is 10.0 Å². The fourth-order valence-electron chi connectivity index (χ4n) is 2.14. The van der Waals surface area contributed by atoms with Crippen molar-refractivity contribution in [2.75, 3.05) is 21.3 Å². The van der Waals surface area contributed by atoms with Crippen molar-refractivity contribution in [2.24, 2.45) is 0 Å². The minimum Gasteiger partial charge on any atom is -0.497 e. The van der Waals surface area contributed by atoms with Gasteiger partial charge in [-0.05, 0) is 24.3 Å². The summed E-state index contributed by atoms with van der Waals surface area (Å²) in [6.07, 6.45) is 0. The molecule has 0 fully saturated rings. The van der Waals surface area contributed by atoms with Crippen LogP contribution in [0, 0.1) is 5.82 Å². The Hall–Kier alpha value is -1.83. The largest absolute Gasteiger partial charge is 0.497 e. The summed E-state index contributed by atoms with van der Waals surface area (Å²) < 4.78 is 50.8. The Morgan fingerprint density at radius 1 is 1.17 bits per heavy atom. The molecule has 0 N–H and O–H groups in total. The second-order valence-corrected chi connectivity index (χ2v) is 7.40. The highest BCUT2D eigenvalue weighted by molar-refractivity contribution is 7.89. The van der Waals surface area contributed by atoms with Crippen molar-refractivity contribution in [3.05, 3.63) is 52.8 Å². The summed E-state index contributed by atoms with van der Waals surface area (Å²) in [4.78, 5) is -0.0701. The van der Waals surface area contributed by atoms with Crippen LogP contribution in [0.2, 0.25) is 5.02 Å². The van der Waals surface area contributed by atoms with Crippen LogP contribution >= 0.6 is 11.6 Å². The molecule has 0 radical (unpaired) electrons. The smallest absolute Gasteiger partial charge is 0.246 e. The Balaban J connectivity index is 2.43. The molecule has 0 saturated heterocycles. The van der Waals surface area contributed by atoms with E-state index in [-0.39, 0.29) is 27.8 Å². The molecule has 24 heavy (non-hydrogen) atoms. The standard InChI is InChI=1S/C16H17ClFNO4S/c1-19(10-12-13(17)5-4-6-14(12)18)24(20,21)16-9-11(22-2)7-8-15(16)23-3/h4-9H,10H2,1-3H3. The molecule has 2 aromatic carbocycles. The maximum absolute atomic E-state index is 13.9. The molecule has 130 valence electrons. The van der Waals surface area contributed by atoms with E-state index in [1.165, 1.54) is 51.6 Å². The second kappa shape index (κ2) is 7.38. The summed E-state index contributed by atoms with van der Waals surface area (Å²) in [6.45, 7) is -0.214. The molecule has 0 aliphatic carbocycles. The number of methoxy groups -OCH3 is 2. The van der Waals surface area contributed by atoms with Gasteiger partial charge in [0.1, 0.15) is 22.2 Å². The molecule has 2 rings (SSSR count). The molecule has 0 heterocycles. The highest BCUT2D eigenvalue weighted by atomic mass is 35.5. The molecule has 8 heteroatoms. The first-order valence-corrected chi connectivity index (χ1v) is 8.74. The Morgan fingerprint density at radius 3 is 2.46 bits per heavy atom. The Labute approximate surface area is 145 Å².